The van der Waals surface area contributed by atoms with Gasteiger partial charge in [0.05, 0.1) is 0 Å². The van der Waals surface area contributed by atoms with Crippen LogP contribution in [0, 0.1) is 17.7 Å². The van der Waals surface area contributed by atoms with Crippen LogP contribution in [0.3, 0.4) is 0 Å². The second-order valence-corrected chi connectivity index (χ2v) is 8.06. The summed E-state index contributed by atoms with van der Waals surface area (Å²) in [5.41, 5.74) is 0. The Morgan fingerprint density at radius 3 is 2.07 bits per heavy atom. The summed E-state index contributed by atoms with van der Waals surface area (Å²) in [6.45, 7) is 1.64. The maximum absolute atomic E-state index is 15.1. The summed E-state index contributed by atoms with van der Waals surface area (Å²) < 4.78 is 35.3. The Hall–Kier alpha value is -2.38. The normalized spacial score (nSPS) is 12.9. The Kier molecular flexibility index (Phi) is 7.21. The molecule has 152 valence electrons. The van der Waals surface area contributed by atoms with Crippen molar-refractivity contribution in [2.45, 2.75) is 13.3 Å². The van der Waals surface area contributed by atoms with Gasteiger partial charge in [0.2, 0.25) is 0 Å². The predicted octanol–water partition coefficient (Wildman–Crippen LogP) is 2.22. The van der Waals surface area contributed by atoms with Crippen LogP contribution < -0.4 is 9.47 Å². The van der Waals surface area contributed by atoms with Crippen molar-refractivity contribution in [2.24, 2.45) is 11.8 Å². The summed E-state index contributed by atoms with van der Waals surface area (Å²) >= 11 is -0.712. The molecular weight excluding hydrogens is 438 g/mol. The van der Waals surface area contributed by atoms with E-state index in [1.807, 2.05) is 0 Å². The molecule has 2 rings (SSSR count). The molecular formula is C19H21FO7Se. The number of ketones is 1. The van der Waals surface area contributed by atoms with Gasteiger partial charge in [0, 0.05) is 0 Å². The first-order chi connectivity index (χ1) is 13.3. The van der Waals surface area contributed by atoms with E-state index in [1.165, 1.54) is 20.3 Å². The number of carbonyl (C=O) groups excluding carboxylic acids is 3. The van der Waals surface area contributed by atoms with Gasteiger partial charge in [0.15, 0.2) is 0 Å². The SMILES string of the molecule is CCC(C(=O)OC)C(C(=O)OC)C(=O)c1[se]c2cc(OC)c(OC)cc2c1F. The fraction of sp³-hybridized carbons (Fsp3) is 0.421. The molecule has 0 aliphatic carbocycles. The van der Waals surface area contributed by atoms with Crippen molar-refractivity contribution in [2.75, 3.05) is 28.4 Å². The predicted molar refractivity (Wildman–Crippen MR) is 99.6 cm³/mol. The molecule has 0 saturated carbocycles. The topological polar surface area (TPSA) is 88.1 Å². The van der Waals surface area contributed by atoms with Crippen molar-refractivity contribution in [1.82, 2.24) is 0 Å². The zero-order valence-electron chi connectivity index (χ0n) is 16.2. The minimum atomic E-state index is -1.47. The van der Waals surface area contributed by atoms with Crippen molar-refractivity contribution < 1.29 is 37.7 Å². The molecule has 0 amide bonds. The molecule has 1 aromatic carbocycles. The van der Waals surface area contributed by atoms with E-state index in [2.05, 4.69) is 0 Å². The number of hydrogen-bond acceptors (Lipinski definition) is 7. The number of methoxy groups -OCH3 is 4. The number of halogens is 1. The van der Waals surface area contributed by atoms with Crippen LogP contribution in [0.4, 0.5) is 4.39 Å². The van der Waals surface area contributed by atoms with Crippen molar-refractivity contribution >= 4 is 41.9 Å². The molecule has 2 aromatic rings. The van der Waals surface area contributed by atoms with E-state index in [4.69, 9.17) is 18.9 Å². The van der Waals surface area contributed by atoms with Crippen LogP contribution in [0.25, 0.3) is 9.65 Å². The summed E-state index contributed by atoms with van der Waals surface area (Å²) in [6, 6.07) is 3.06. The molecule has 0 saturated heterocycles. The molecule has 1 aromatic heterocycles. The Labute approximate surface area is 167 Å². The third-order valence-electron chi connectivity index (χ3n) is 4.44. The van der Waals surface area contributed by atoms with Crippen molar-refractivity contribution in [3.05, 3.63) is 22.4 Å². The maximum atomic E-state index is 15.1. The fourth-order valence-electron chi connectivity index (χ4n) is 2.96. The van der Waals surface area contributed by atoms with E-state index in [9.17, 15) is 14.4 Å². The molecule has 2 unspecified atom stereocenters. The van der Waals surface area contributed by atoms with E-state index >= 15 is 4.39 Å². The number of benzene rings is 1. The molecule has 2 atom stereocenters. The van der Waals surface area contributed by atoms with Crippen LogP contribution in [-0.2, 0) is 19.1 Å². The number of ether oxygens (including phenoxy) is 4. The standard InChI is InChI=1S/C19H21FO7Se/c1-6-9(18(22)26-4)14(19(23)27-5)16(21)17-15(20)10-7-11(24-2)12(25-3)8-13(10)28-17/h7-9,14H,6H2,1-5H3. The average molecular weight is 459 g/mol. The molecule has 1 heterocycles. The summed E-state index contributed by atoms with van der Waals surface area (Å²) in [7, 11) is 5.16. The van der Waals surface area contributed by atoms with Crippen molar-refractivity contribution in [1.29, 1.82) is 0 Å². The van der Waals surface area contributed by atoms with E-state index in [-0.39, 0.29) is 16.2 Å². The molecule has 7 nitrogen and oxygen atoms in total. The number of fused-ring (bicyclic) bond motifs is 1. The monoisotopic (exact) mass is 460 g/mol. The van der Waals surface area contributed by atoms with Crippen LogP contribution in [0.15, 0.2) is 12.1 Å². The molecule has 9 heteroatoms. The first-order valence-electron chi connectivity index (χ1n) is 8.38. The Morgan fingerprint density at radius 2 is 1.57 bits per heavy atom. The molecule has 0 radical (unpaired) electrons. The van der Waals surface area contributed by atoms with Gasteiger partial charge in [-0.25, -0.2) is 0 Å². The van der Waals surface area contributed by atoms with Gasteiger partial charge in [-0.05, 0) is 0 Å². The van der Waals surface area contributed by atoms with E-state index in [0.29, 0.717) is 15.8 Å². The van der Waals surface area contributed by atoms with Gasteiger partial charge in [-0.1, -0.05) is 0 Å². The van der Waals surface area contributed by atoms with Gasteiger partial charge >= 0.3 is 167 Å². The summed E-state index contributed by atoms with van der Waals surface area (Å²) in [5, 5.41) is 0.218. The average Bonchev–Trinajstić information content (AvgIpc) is 3.04. The third kappa shape index (κ3) is 3.91. The van der Waals surface area contributed by atoms with Crippen LogP contribution in [0.2, 0.25) is 0 Å². The van der Waals surface area contributed by atoms with Gasteiger partial charge in [-0.2, -0.15) is 0 Å². The molecule has 0 aliphatic heterocycles. The molecule has 0 fully saturated rings. The molecule has 28 heavy (non-hydrogen) atoms. The van der Waals surface area contributed by atoms with E-state index in [1.54, 1.807) is 13.0 Å². The number of carbonyl (C=O) groups is 3. The van der Waals surface area contributed by atoms with Crippen molar-refractivity contribution in [3.8, 4) is 11.5 Å². The Bertz CT molecular complexity index is 905. The number of esters is 2. The minimum absolute atomic E-state index is 0.129. The van der Waals surface area contributed by atoms with Crippen LogP contribution in [-0.4, -0.2) is 60.7 Å². The number of hydrogen-bond donors (Lipinski definition) is 0. The van der Waals surface area contributed by atoms with Gasteiger partial charge in [-0.15, -0.1) is 0 Å². The second-order valence-electron chi connectivity index (χ2n) is 5.85. The van der Waals surface area contributed by atoms with Crippen LogP contribution in [0.5, 0.6) is 11.5 Å². The van der Waals surface area contributed by atoms with Crippen LogP contribution in [0.1, 0.15) is 22.6 Å². The molecule has 0 aliphatic rings. The molecule has 0 N–H and O–H groups in total. The number of rotatable bonds is 8. The second kappa shape index (κ2) is 9.21. The van der Waals surface area contributed by atoms with Crippen LogP contribution >= 0.6 is 0 Å². The first-order valence-corrected chi connectivity index (χ1v) is 10.1. The summed E-state index contributed by atoms with van der Waals surface area (Å²) in [4.78, 5) is 37.5. The van der Waals surface area contributed by atoms with Gasteiger partial charge in [0.25, 0.3) is 0 Å². The zero-order valence-corrected chi connectivity index (χ0v) is 17.9. The van der Waals surface area contributed by atoms with Gasteiger partial charge in [-0.3, -0.25) is 0 Å². The Balaban J connectivity index is 2.61. The summed E-state index contributed by atoms with van der Waals surface area (Å²) in [5.74, 6) is -4.91. The fourth-order valence-corrected chi connectivity index (χ4v) is 5.21. The van der Waals surface area contributed by atoms with Crippen molar-refractivity contribution in [3.63, 3.8) is 0 Å². The van der Waals surface area contributed by atoms with Gasteiger partial charge in [0.1, 0.15) is 0 Å². The third-order valence-corrected chi connectivity index (χ3v) is 6.84. The first kappa shape index (κ1) is 21.9. The molecule has 0 bridgehead atoms. The number of Topliss-reactive ketones (excluding diaryl/α,β-unsaturated/α-hetero) is 1. The van der Waals surface area contributed by atoms with E-state index in [0.717, 1.165) is 14.2 Å². The summed E-state index contributed by atoms with van der Waals surface area (Å²) in [6.07, 6.45) is 0.161. The Morgan fingerprint density at radius 1 is 1.00 bits per heavy atom. The zero-order chi connectivity index (χ0) is 21.0. The quantitative estimate of drug-likeness (QED) is 0.259. The van der Waals surface area contributed by atoms with Gasteiger partial charge < -0.3 is 0 Å². The molecule has 0 spiro atoms. The van der Waals surface area contributed by atoms with E-state index < -0.39 is 49.9 Å².